The first-order valence-corrected chi connectivity index (χ1v) is 5.51. The molecular formula is C9H12BrN3O. The monoisotopic (exact) mass is 257 g/mol. The fraction of sp³-hybridized carbons (Fsp3) is 0.556. The zero-order chi connectivity index (χ0) is 10.1. The van der Waals surface area contributed by atoms with Crippen LogP contribution in [-0.2, 0) is 7.05 Å². The molecule has 1 saturated heterocycles. The summed E-state index contributed by atoms with van der Waals surface area (Å²) < 4.78 is 1.65. The van der Waals surface area contributed by atoms with Gasteiger partial charge >= 0.3 is 0 Å². The predicted octanol–water partition coefficient (Wildman–Crippen LogP) is 1.03. The highest BCUT2D eigenvalue weighted by Crippen LogP contribution is 2.18. The average Bonchev–Trinajstić information content (AvgIpc) is 2.73. The number of hydrogen-bond acceptors (Lipinski definition) is 2. The summed E-state index contributed by atoms with van der Waals surface area (Å²) in [6.07, 6.45) is 2.81. The molecule has 5 heteroatoms. The predicted molar refractivity (Wildman–Crippen MR) is 56.4 cm³/mol. The number of aromatic nitrogens is 2. The highest BCUT2D eigenvalue weighted by molar-refractivity contribution is 9.09. The molecule has 1 aliphatic heterocycles. The van der Waals surface area contributed by atoms with Crippen molar-refractivity contribution < 1.29 is 4.79 Å². The quantitative estimate of drug-likeness (QED) is 0.705. The number of alkyl halides is 1. The first-order valence-electron chi connectivity index (χ1n) is 4.60. The van der Waals surface area contributed by atoms with Crippen LogP contribution in [0.15, 0.2) is 12.3 Å². The van der Waals surface area contributed by atoms with Gasteiger partial charge in [0.2, 0.25) is 0 Å². The van der Waals surface area contributed by atoms with Crippen LogP contribution in [0.5, 0.6) is 0 Å². The SMILES string of the molecule is Cn1ccc(C(=O)N2CCC(Br)C2)n1. The standard InChI is InChI=1S/C9H12BrN3O/c1-12-4-3-8(11-12)9(14)13-5-2-7(10)6-13/h3-4,7H,2,5-6H2,1H3. The van der Waals surface area contributed by atoms with Crippen LogP contribution in [0.4, 0.5) is 0 Å². The second-order valence-corrected chi connectivity index (χ2v) is 4.81. The van der Waals surface area contributed by atoms with Crippen LogP contribution in [0.2, 0.25) is 0 Å². The van der Waals surface area contributed by atoms with Gasteiger partial charge in [-0.3, -0.25) is 9.48 Å². The third kappa shape index (κ3) is 1.82. The van der Waals surface area contributed by atoms with Gasteiger partial charge in [0.05, 0.1) is 0 Å². The van der Waals surface area contributed by atoms with Crippen molar-refractivity contribution in [1.29, 1.82) is 0 Å². The van der Waals surface area contributed by atoms with Crippen molar-refractivity contribution >= 4 is 21.8 Å². The molecule has 0 aliphatic carbocycles. The molecule has 4 nitrogen and oxygen atoms in total. The first kappa shape index (κ1) is 9.71. The van der Waals surface area contributed by atoms with Crippen molar-refractivity contribution in [2.45, 2.75) is 11.2 Å². The molecule has 0 saturated carbocycles. The van der Waals surface area contributed by atoms with Crippen LogP contribution in [0.1, 0.15) is 16.9 Å². The van der Waals surface area contributed by atoms with Gasteiger partial charge in [0.15, 0.2) is 0 Å². The maximum absolute atomic E-state index is 11.8. The zero-order valence-corrected chi connectivity index (χ0v) is 9.57. The highest BCUT2D eigenvalue weighted by Gasteiger charge is 2.26. The second kappa shape index (κ2) is 3.73. The van der Waals surface area contributed by atoms with Gasteiger partial charge in [-0.25, -0.2) is 0 Å². The molecule has 1 amide bonds. The molecule has 0 aromatic carbocycles. The molecule has 2 rings (SSSR count). The van der Waals surface area contributed by atoms with Gasteiger partial charge in [-0.2, -0.15) is 5.10 Å². The van der Waals surface area contributed by atoms with E-state index in [-0.39, 0.29) is 5.91 Å². The maximum atomic E-state index is 11.8. The smallest absolute Gasteiger partial charge is 0.274 e. The van der Waals surface area contributed by atoms with Crippen LogP contribution in [0, 0.1) is 0 Å². The van der Waals surface area contributed by atoms with Gasteiger partial charge in [0.25, 0.3) is 5.91 Å². The van der Waals surface area contributed by atoms with Crippen LogP contribution < -0.4 is 0 Å². The van der Waals surface area contributed by atoms with Crippen LogP contribution in [0.25, 0.3) is 0 Å². The molecule has 14 heavy (non-hydrogen) atoms. The third-order valence-corrected chi connectivity index (χ3v) is 3.10. The molecule has 1 aromatic heterocycles. The molecule has 1 atom stereocenters. The number of nitrogens with zero attached hydrogens (tertiary/aromatic N) is 3. The van der Waals surface area contributed by atoms with E-state index in [1.165, 1.54) is 0 Å². The van der Waals surface area contributed by atoms with Gasteiger partial charge in [-0.15, -0.1) is 0 Å². The molecule has 0 spiro atoms. The van der Waals surface area contributed by atoms with Crippen molar-refractivity contribution in [2.75, 3.05) is 13.1 Å². The summed E-state index contributed by atoms with van der Waals surface area (Å²) in [5.74, 6) is 0.0348. The Morgan fingerprint density at radius 3 is 3.00 bits per heavy atom. The largest absolute Gasteiger partial charge is 0.336 e. The lowest BCUT2D eigenvalue weighted by atomic mass is 10.4. The number of carbonyl (C=O) groups excluding carboxylic acids is 1. The summed E-state index contributed by atoms with van der Waals surface area (Å²) in [6, 6.07) is 1.75. The highest BCUT2D eigenvalue weighted by atomic mass is 79.9. The van der Waals surface area contributed by atoms with E-state index >= 15 is 0 Å². The number of hydrogen-bond donors (Lipinski definition) is 0. The van der Waals surface area contributed by atoms with E-state index in [0.29, 0.717) is 10.5 Å². The lowest BCUT2D eigenvalue weighted by molar-refractivity contribution is 0.0787. The molecular weight excluding hydrogens is 246 g/mol. The molecule has 1 aliphatic rings. The minimum Gasteiger partial charge on any atom is -0.336 e. The average molecular weight is 258 g/mol. The maximum Gasteiger partial charge on any atom is 0.274 e. The minimum absolute atomic E-state index is 0.0348. The van der Waals surface area contributed by atoms with Crippen molar-refractivity contribution in [1.82, 2.24) is 14.7 Å². The normalized spacial score (nSPS) is 21.6. The molecule has 0 N–H and O–H groups in total. The van der Waals surface area contributed by atoms with E-state index in [1.54, 1.807) is 16.9 Å². The Balaban J connectivity index is 2.09. The Labute approximate surface area is 91.0 Å². The van der Waals surface area contributed by atoms with E-state index in [9.17, 15) is 4.79 Å². The number of aryl methyl sites for hydroxylation is 1. The van der Waals surface area contributed by atoms with Crippen molar-refractivity contribution in [3.63, 3.8) is 0 Å². The number of carbonyl (C=O) groups is 1. The first-order chi connectivity index (χ1) is 6.66. The Bertz CT molecular complexity index is 350. The van der Waals surface area contributed by atoms with Gasteiger partial charge < -0.3 is 4.90 Å². The van der Waals surface area contributed by atoms with Crippen LogP contribution in [-0.4, -0.2) is 38.5 Å². The van der Waals surface area contributed by atoms with Gasteiger partial charge in [0, 0.05) is 31.2 Å². The molecule has 1 unspecified atom stereocenters. The fourth-order valence-electron chi connectivity index (χ4n) is 1.59. The number of amides is 1. The molecule has 0 bridgehead atoms. The minimum atomic E-state index is 0.0348. The lowest BCUT2D eigenvalue weighted by Gasteiger charge is -2.13. The number of halogens is 1. The summed E-state index contributed by atoms with van der Waals surface area (Å²) >= 11 is 3.51. The van der Waals surface area contributed by atoms with Gasteiger partial charge in [-0.05, 0) is 12.5 Å². The molecule has 1 aromatic rings. The summed E-state index contributed by atoms with van der Waals surface area (Å²) in [4.78, 5) is 14.1. The van der Waals surface area contributed by atoms with Crippen molar-refractivity contribution in [3.8, 4) is 0 Å². The number of rotatable bonds is 1. The summed E-state index contributed by atoms with van der Waals surface area (Å²) in [5.41, 5.74) is 0.536. The summed E-state index contributed by atoms with van der Waals surface area (Å²) in [7, 11) is 1.81. The van der Waals surface area contributed by atoms with E-state index in [1.807, 2.05) is 11.9 Å². The molecule has 2 heterocycles. The molecule has 1 fully saturated rings. The van der Waals surface area contributed by atoms with E-state index in [4.69, 9.17) is 0 Å². The van der Waals surface area contributed by atoms with E-state index in [2.05, 4.69) is 21.0 Å². The lowest BCUT2D eigenvalue weighted by Crippen LogP contribution is -2.29. The van der Waals surface area contributed by atoms with Gasteiger partial charge in [-0.1, -0.05) is 15.9 Å². The Morgan fingerprint density at radius 2 is 2.50 bits per heavy atom. The van der Waals surface area contributed by atoms with Crippen molar-refractivity contribution in [3.05, 3.63) is 18.0 Å². The summed E-state index contributed by atoms with van der Waals surface area (Å²) in [6.45, 7) is 1.61. The van der Waals surface area contributed by atoms with Crippen LogP contribution >= 0.6 is 15.9 Å². The Hall–Kier alpha value is -0.840. The number of likely N-dealkylation sites (tertiary alicyclic amines) is 1. The molecule has 76 valence electrons. The Morgan fingerprint density at radius 1 is 1.71 bits per heavy atom. The van der Waals surface area contributed by atoms with E-state index in [0.717, 1.165) is 19.5 Å². The van der Waals surface area contributed by atoms with Crippen LogP contribution in [0.3, 0.4) is 0 Å². The topological polar surface area (TPSA) is 38.1 Å². The second-order valence-electron chi connectivity index (χ2n) is 3.51. The van der Waals surface area contributed by atoms with Gasteiger partial charge in [0.1, 0.15) is 5.69 Å². The third-order valence-electron chi connectivity index (χ3n) is 2.35. The zero-order valence-electron chi connectivity index (χ0n) is 7.98. The fourth-order valence-corrected chi connectivity index (χ4v) is 2.15. The van der Waals surface area contributed by atoms with E-state index < -0.39 is 0 Å². The molecule has 0 radical (unpaired) electrons. The van der Waals surface area contributed by atoms with Crippen molar-refractivity contribution in [2.24, 2.45) is 7.05 Å². The Kier molecular flexibility index (Phi) is 2.58. The summed E-state index contributed by atoms with van der Waals surface area (Å²) in [5, 5.41) is 4.09.